The summed E-state index contributed by atoms with van der Waals surface area (Å²) in [5.41, 5.74) is 6.22. The third kappa shape index (κ3) is 2.17. The minimum atomic E-state index is 0.438. The van der Waals surface area contributed by atoms with Crippen LogP contribution >= 0.6 is 0 Å². The van der Waals surface area contributed by atoms with Crippen molar-refractivity contribution >= 4 is 0 Å². The fourth-order valence-electron chi connectivity index (χ4n) is 2.05. The normalized spacial score (nSPS) is 32.2. The van der Waals surface area contributed by atoms with Gasteiger partial charge in [-0.15, -0.1) is 0 Å². The van der Waals surface area contributed by atoms with Gasteiger partial charge in [-0.25, -0.2) is 0 Å². The van der Waals surface area contributed by atoms with Crippen molar-refractivity contribution in [1.29, 1.82) is 0 Å². The molecule has 0 aromatic heterocycles. The monoisotopic (exact) mass is 156 g/mol. The summed E-state index contributed by atoms with van der Waals surface area (Å²) in [7, 11) is 0. The lowest BCUT2D eigenvalue weighted by Gasteiger charge is -2.36. The lowest BCUT2D eigenvalue weighted by Crippen LogP contribution is -2.44. The second-order valence-electron chi connectivity index (χ2n) is 3.73. The van der Waals surface area contributed by atoms with Gasteiger partial charge in [0.1, 0.15) is 0 Å². The summed E-state index contributed by atoms with van der Waals surface area (Å²) in [6, 6.07) is 0. The number of rotatable bonds is 3. The molecule has 11 heavy (non-hydrogen) atoms. The standard InChI is InChI=1S/C9H20N2/c1-2-4-9(7-10)5-3-6-11-8-9/h11H,2-8,10H2,1H3. The van der Waals surface area contributed by atoms with Gasteiger partial charge in [0.25, 0.3) is 0 Å². The average molecular weight is 156 g/mol. The van der Waals surface area contributed by atoms with Crippen LogP contribution in [0, 0.1) is 5.41 Å². The van der Waals surface area contributed by atoms with Crippen LogP contribution < -0.4 is 11.1 Å². The topological polar surface area (TPSA) is 38.0 Å². The van der Waals surface area contributed by atoms with Gasteiger partial charge in [-0.1, -0.05) is 13.3 Å². The van der Waals surface area contributed by atoms with Crippen LogP contribution in [0.5, 0.6) is 0 Å². The quantitative estimate of drug-likeness (QED) is 0.642. The summed E-state index contributed by atoms with van der Waals surface area (Å²) >= 11 is 0. The fourth-order valence-corrected chi connectivity index (χ4v) is 2.05. The molecule has 0 spiro atoms. The Hall–Kier alpha value is -0.0800. The van der Waals surface area contributed by atoms with E-state index < -0.39 is 0 Å². The summed E-state index contributed by atoms with van der Waals surface area (Å²) in [4.78, 5) is 0. The van der Waals surface area contributed by atoms with Crippen molar-refractivity contribution in [3.8, 4) is 0 Å². The molecule has 1 aliphatic heterocycles. The van der Waals surface area contributed by atoms with Gasteiger partial charge >= 0.3 is 0 Å². The molecule has 1 heterocycles. The van der Waals surface area contributed by atoms with E-state index in [1.165, 1.54) is 32.2 Å². The summed E-state index contributed by atoms with van der Waals surface area (Å²) < 4.78 is 0. The van der Waals surface area contributed by atoms with E-state index in [-0.39, 0.29) is 0 Å². The lowest BCUT2D eigenvalue weighted by atomic mass is 9.77. The first kappa shape index (κ1) is 9.01. The van der Waals surface area contributed by atoms with Crippen molar-refractivity contribution in [3.05, 3.63) is 0 Å². The van der Waals surface area contributed by atoms with E-state index in [0.29, 0.717) is 5.41 Å². The minimum Gasteiger partial charge on any atom is -0.330 e. The first-order valence-electron chi connectivity index (χ1n) is 4.74. The van der Waals surface area contributed by atoms with Crippen LogP contribution in [0.4, 0.5) is 0 Å². The van der Waals surface area contributed by atoms with E-state index >= 15 is 0 Å². The Labute approximate surface area is 69.5 Å². The van der Waals surface area contributed by atoms with Gasteiger partial charge in [-0.05, 0) is 37.8 Å². The number of hydrogen-bond donors (Lipinski definition) is 2. The molecule has 1 atom stereocenters. The third-order valence-corrected chi connectivity index (χ3v) is 2.77. The fraction of sp³-hybridized carbons (Fsp3) is 1.00. The Morgan fingerprint density at radius 2 is 2.36 bits per heavy atom. The van der Waals surface area contributed by atoms with E-state index in [0.717, 1.165) is 13.1 Å². The Morgan fingerprint density at radius 3 is 2.82 bits per heavy atom. The molecule has 0 amide bonds. The smallest absolute Gasteiger partial charge is 0.00199 e. The second kappa shape index (κ2) is 4.07. The van der Waals surface area contributed by atoms with Crippen molar-refractivity contribution in [1.82, 2.24) is 5.32 Å². The highest BCUT2D eigenvalue weighted by Crippen LogP contribution is 2.29. The number of nitrogens with one attached hydrogen (secondary N) is 1. The molecule has 1 unspecified atom stereocenters. The highest BCUT2D eigenvalue weighted by Gasteiger charge is 2.28. The second-order valence-corrected chi connectivity index (χ2v) is 3.73. The minimum absolute atomic E-state index is 0.438. The van der Waals surface area contributed by atoms with Gasteiger partial charge in [-0.3, -0.25) is 0 Å². The molecule has 1 fully saturated rings. The molecule has 0 aromatic rings. The molecule has 1 aliphatic rings. The van der Waals surface area contributed by atoms with E-state index in [4.69, 9.17) is 5.73 Å². The van der Waals surface area contributed by atoms with Crippen LogP contribution in [0.2, 0.25) is 0 Å². The summed E-state index contributed by atoms with van der Waals surface area (Å²) in [6.45, 7) is 5.42. The highest BCUT2D eigenvalue weighted by atomic mass is 14.9. The molecule has 0 aliphatic carbocycles. The molecule has 66 valence electrons. The van der Waals surface area contributed by atoms with Gasteiger partial charge in [0.15, 0.2) is 0 Å². The van der Waals surface area contributed by atoms with Gasteiger partial charge in [0.2, 0.25) is 0 Å². The summed E-state index contributed by atoms with van der Waals surface area (Å²) in [5.74, 6) is 0. The average Bonchev–Trinajstić information content (AvgIpc) is 2.07. The van der Waals surface area contributed by atoms with Crippen molar-refractivity contribution in [3.63, 3.8) is 0 Å². The Kier molecular flexibility index (Phi) is 3.34. The van der Waals surface area contributed by atoms with E-state index in [9.17, 15) is 0 Å². The van der Waals surface area contributed by atoms with Crippen LogP contribution in [-0.2, 0) is 0 Å². The molecule has 2 nitrogen and oxygen atoms in total. The van der Waals surface area contributed by atoms with Crippen LogP contribution in [0.15, 0.2) is 0 Å². The molecule has 0 bridgehead atoms. The molecule has 0 saturated carbocycles. The van der Waals surface area contributed by atoms with Crippen LogP contribution in [-0.4, -0.2) is 19.6 Å². The number of hydrogen-bond acceptors (Lipinski definition) is 2. The predicted octanol–water partition coefficient (Wildman–Crippen LogP) is 1.12. The van der Waals surface area contributed by atoms with Crippen molar-refractivity contribution in [2.45, 2.75) is 32.6 Å². The maximum absolute atomic E-state index is 5.78. The van der Waals surface area contributed by atoms with Crippen LogP contribution in [0.3, 0.4) is 0 Å². The van der Waals surface area contributed by atoms with Crippen LogP contribution in [0.25, 0.3) is 0 Å². The number of piperidine rings is 1. The molecule has 2 heteroatoms. The van der Waals surface area contributed by atoms with Crippen molar-refractivity contribution in [2.75, 3.05) is 19.6 Å². The van der Waals surface area contributed by atoms with Gasteiger partial charge in [0, 0.05) is 6.54 Å². The van der Waals surface area contributed by atoms with Gasteiger partial charge in [-0.2, -0.15) is 0 Å². The molecule has 1 rings (SSSR count). The maximum Gasteiger partial charge on any atom is 0.00199 e. The Bertz CT molecular complexity index is 101. The molecular formula is C9H20N2. The molecule has 3 N–H and O–H groups in total. The van der Waals surface area contributed by atoms with Crippen LogP contribution in [0.1, 0.15) is 32.6 Å². The van der Waals surface area contributed by atoms with E-state index in [2.05, 4.69) is 12.2 Å². The molecule has 0 radical (unpaired) electrons. The van der Waals surface area contributed by atoms with E-state index in [1.807, 2.05) is 0 Å². The Balaban J connectivity index is 2.42. The summed E-state index contributed by atoms with van der Waals surface area (Å²) in [6.07, 6.45) is 5.18. The first-order chi connectivity index (χ1) is 5.33. The Morgan fingerprint density at radius 1 is 1.55 bits per heavy atom. The molecule has 1 saturated heterocycles. The largest absolute Gasteiger partial charge is 0.330 e. The predicted molar refractivity (Wildman–Crippen MR) is 48.5 cm³/mol. The third-order valence-electron chi connectivity index (χ3n) is 2.77. The number of nitrogens with two attached hydrogens (primary N) is 1. The zero-order valence-corrected chi connectivity index (χ0v) is 7.53. The SMILES string of the molecule is CCCC1(CN)CCCNC1. The molecular weight excluding hydrogens is 136 g/mol. The summed E-state index contributed by atoms with van der Waals surface area (Å²) in [5, 5.41) is 3.43. The highest BCUT2D eigenvalue weighted by molar-refractivity contribution is 4.85. The zero-order valence-electron chi connectivity index (χ0n) is 7.53. The zero-order chi connectivity index (χ0) is 8.16. The van der Waals surface area contributed by atoms with Gasteiger partial charge in [0.05, 0.1) is 0 Å². The first-order valence-corrected chi connectivity index (χ1v) is 4.74. The maximum atomic E-state index is 5.78. The van der Waals surface area contributed by atoms with Gasteiger partial charge < -0.3 is 11.1 Å². The lowest BCUT2D eigenvalue weighted by molar-refractivity contribution is 0.199. The van der Waals surface area contributed by atoms with E-state index in [1.54, 1.807) is 0 Å². The van der Waals surface area contributed by atoms with Crippen molar-refractivity contribution < 1.29 is 0 Å². The molecule has 0 aromatic carbocycles. The van der Waals surface area contributed by atoms with Crippen molar-refractivity contribution in [2.24, 2.45) is 11.1 Å².